The molecule has 0 rings (SSSR count). The number of aliphatic hydroxyl groups excluding tert-OH is 4. The summed E-state index contributed by atoms with van der Waals surface area (Å²) < 4.78 is 0. The van der Waals surface area contributed by atoms with Crippen LogP contribution in [0.15, 0.2) is 0 Å². The van der Waals surface area contributed by atoms with Crippen LogP contribution in [0.5, 0.6) is 0 Å². The normalized spacial score (nSPS) is 15.5. The summed E-state index contributed by atoms with van der Waals surface area (Å²) in [6.07, 6.45) is -0.0594. The van der Waals surface area contributed by atoms with E-state index in [2.05, 4.69) is 37.2 Å². The molecular formula is C41H70N9O18S-. The molecule has 0 saturated carbocycles. The van der Waals surface area contributed by atoms with Gasteiger partial charge in [0.15, 0.2) is 0 Å². The minimum atomic E-state index is -1.93. The predicted molar refractivity (Wildman–Crippen MR) is 243 cm³/mol. The molecule has 17 N–H and O–H groups in total. The number of unbranched alkanes of at least 4 members (excludes halogenated alkanes) is 2. The van der Waals surface area contributed by atoms with Crippen molar-refractivity contribution >= 4 is 77.8 Å². The molecule has 0 aliphatic rings. The molecule has 27 nitrogen and oxygen atoms in total. The minimum Gasteiger partial charge on any atom is -0.789 e. The van der Waals surface area contributed by atoms with Gasteiger partial charge in [-0.2, -0.15) is 5.25 Å². The number of rotatable bonds is 36. The predicted octanol–water partition coefficient (Wildman–Crippen LogP) is -5.68. The van der Waals surface area contributed by atoms with Crippen LogP contribution in [0.3, 0.4) is 0 Å². The number of carboxylic acids is 3. The largest absolute Gasteiger partial charge is 0.789 e. The van der Waals surface area contributed by atoms with Gasteiger partial charge in [-0.05, 0) is 44.9 Å². The third kappa shape index (κ3) is 25.5. The van der Waals surface area contributed by atoms with Gasteiger partial charge in [0, 0.05) is 19.4 Å². The number of amides is 8. The highest BCUT2D eigenvalue weighted by Crippen LogP contribution is 2.09. The first-order chi connectivity index (χ1) is 32.3. The quantitative estimate of drug-likeness (QED) is 0.0205. The maximum absolute atomic E-state index is 13.8. The van der Waals surface area contributed by atoms with Gasteiger partial charge in [0.05, 0.1) is 38.4 Å². The summed E-state index contributed by atoms with van der Waals surface area (Å²) in [6.45, 7) is 2.90. The Labute approximate surface area is 404 Å². The average molecular weight is 1010 g/mol. The van der Waals surface area contributed by atoms with Crippen molar-refractivity contribution in [3.05, 3.63) is 0 Å². The maximum atomic E-state index is 13.8. The number of aliphatic carboxylic acids is 3. The van der Waals surface area contributed by atoms with Gasteiger partial charge in [0.1, 0.15) is 42.3 Å². The molecule has 0 aromatic rings. The summed E-state index contributed by atoms with van der Waals surface area (Å²) in [4.78, 5) is 138. The Bertz CT molecular complexity index is 1740. The zero-order valence-corrected chi connectivity index (χ0v) is 39.9. The molecule has 0 fully saturated rings. The SMILES string of the molecule is CC[C@H]([S-])CCCCC(=O)NCCCC[C@H](NC(=O)[C@@H](NC(=O)[C@H](CO)NC(=O)[C@@H](N)CCC(=O)O)[C@@H](C)O)C(=O)N[C@@H](CO)C(=O)N[C@H](C(=O)N[C@@H](CO)C(=O)N[C@@H](CC(=O)O)C(=O)O)C(C)C. The van der Waals surface area contributed by atoms with E-state index in [0.717, 1.165) is 26.2 Å². The smallest absolute Gasteiger partial charge is 0.326 e. The lowest BCUT2D eigenvalue weighted by Crippen LogP contribution is -2.62. The van der Waals surface area contributed by atoms with Crippen LogP contribution in [0, 0.1) is 5.92 Å². The van der Waals surface area contributed by atoms with Gasteiger partial charge in [-0.3, -0.25) is 47.9 Å². The topological polar surface area (TPSA) is 452 Å². The molecule has 394 valence electrons. The average Bonchev–Trinajstić information content (AvgIpc) is 3.28. The van der Waals surface area contributed by atoms with Crippen molar-refractivity contribution in [3.63, 3.8) is 0 Å². The van der Waals surface area contributed by atoms with Crippen LogP contribution < -0.4 is 48.3 Å². The van der Waals surface area contributed by atoms with Gasteiger partial charge < -0.3 is 96.6 Å². The number of carbonyl (C=O) groups excluding carboxylic acids is 8. The van der Waals surface area contributed by atoms with E-state index in [1.807, 2.05) is 12.2 Å². The van der Waals surface area contributed by atoms with Crippen LogP contribution in [0.4, 0.5) is 0 Å². The highest BCUT2D eigenvalue weighted by molar-refractivity contribution is 7.59. The Balaban J connectivity index is 6.26. The molecule has 28 heteroatoms. The van der Waals surface area contributed by atoms with Crippen molar-refractivity contribution < 1.29 is 88.5 Å². The fourth-order valence-corrected chi connectivity index (χ4v) is 6.25. The summed E-state index contributed by atoms with van der Waals surface area (Å²) in [5, 5.41) is 85.5. The number of hydrogen-bond donors (Lipinski definition) is 16. The summed E-state index contributed by atoms with van der Waals surface area (Å²) >= 11 is 5.28. The van der Waals surface area contributed by atoms with Crippen molar-refractivity contribution in [3.8, 4) is 0 Å². The molecule has 0 aromatic carbocycles. The molecule has 0 aromatic heterocycles. The molecule has 0 saturated heterocycles. The standard InChI is InChI=1S/C41H71N9O18S/c1-5-22(69)10-6-7-12-29(55)43-15-9-8-11-24(44-40(66)33(21(4)54)50-38(64)27(18-52)46-34(60)23(42)13-14-30(56)57)35(61)47-28(19-53)37(63)49-32(20(2)3)39(65)48-26(17-51)36(62)45-25(41(67)68)16-31(58)59/h20-28,32-33,51-54,69H,5-19,42H2,1-4H3,(H,43,55)(H,44,66)(H,45,62)(H,46,60)(H,47,61)(H,48,65)(H,49,63)(H,50,64)(H,56,57)(H,58,59)(H,67,68)/p-1/t21-,22+,23+,24+,25+,26+,27+,28+,32+,33+/m1/s1. The first kappa shape index (κ1) is 63.3. The molecule has 0 aliphatic heterocycles. The van der Waals surface area contributed by atoms with E-state index >= 15 is 0 Å². The first-order valence-corrected chi connectivity index (χ1v) is 22.8. The lowest BCUT2D eigenvalue weighted by molar-refractivity contribution is -0.147. The molecule has 0 spiro atoms. The molecule has 8 amide bonds. The third-order valence-electron chi connectivity index (χ3n) is 10.3. The summed E-state index contributed by atoms with van der Waals surface area (Å²) in [5.41, 5.74) is 5.67. The van der Waals surface area contributed by atoms with Crippen LogP contribution in [-0.4, -0.2) is 187 Å². The zero-order chi connectivity index (χ0) is 53.0. The van der Waals surface area contributed by atoms with Gasteiger partial charge in [-0.1, -0.05) is 40.0 Å². The maximum Gasteiger partial charge on any atom is 0.326 e. The number of nitrogens with two attached hydrogens (primary N) is 1. The Morgan fingerprint density at radius 2 is 0.971 bits per heavy atom. The Hall–Kier alpha value is -5.68. The summed E-state index contributed by atoms with van der Waals surface area (Å²) in [7, 11) is 0. The zero-order valence-electron chi connectivity index (χ0n) is 39.1. The summed E-state index contributed by atoms with van der Waals surface area (Å²) in [5.74, 6) is -13.6. The van der Waals surface area contributed by atoms with E-state index in [1.54, 1.807) is 0 Å². The van der Waals surface area contributed by atoms with Gasteiger partial charge in [-0.25, -0.2) is 4.79 Å². The minimum absolute atomic E-state index is 0.119. The highest BCUT2D eigenvalue weighted by atomic mass is 32.1. The lowest BCUT2D eigenvalue weighted by Gasteiger charge is -2.28. The number of carbonyl (C=O) groups is 11. The molecule has 0 radical (unpaired) electrons. The van der Waals surface area contributed by atoms with E-state index in [4.69, 9.17) is 28.6 Å². The van der Waals surface area contributed by atoms with Gasteiger partial charge in [-0.15, -0.1) is 0 Å². The van der Waals surface area contributed by atoms with E-state index < -0.39 is 152 Å². The third-order valence-corrected chi connectivity index (χ3v) is 10.8. The second kappa shape index (κ2) is 33.8. The molecule has 0 unspecified atom stereocenters. The Kier molecular flexibility index (Phi) is 31.0. The van der Waals surface area contributed by atoms with Crippen LogP contribution in [0.25, 0.3) is 0 Å². The Morgan fingerprint density at radius 3 is 1.45 bits per heavy atom. The molecule has 10 atom stereocenters. The summed E-state index contributed by atoms with van der Waals surface area (Å²) in [6, 6.07) is -13.7. The van der Waals surface area contributed by atoms with Gasteiger partial charge >= 0.3 is 17.9 Å². The van der Waals surface area contributed by atoms with E-state index in [9.17, 15) is 78.3 Å². The Morgan fingerprint density at radius 1 is 0.522 bits per heavy atom. The van der Waals surface area contributed by atoms with Crippen LogP contribution >= 0.6 is 0 Å². The number of nitrogens with one attached hydrogen (secondary N) is 8. The van der Waals surface area contributed by atoms with Crippen molar-refractivity contribution in [1.29, 1.82) is 0 Å². The second-order valence-corrected chi connectivity index (χ2v) is 17.1. The molecular weight excluding hydrogens is 939 g/mol. The monoisotopic (exact) mass is 1010 g/mol. The van der Waals surface area contributed by atoms with E-state index in [1.165, 1.54) is 13.8 Å². The van der Waals surface area contributed by atoms with Gasteiger partial charge in [0.2, 0.25) is 47.3 Å². The van der Waals surface area contributed by atoms with E-state index in [0.29, 0.717) is 6.42 Å². The lowest BCUT2D eigenvalue weighted by atomic mass is 10.0. The molecule has 0 heterocycles. The van der Waals surface area contributed by atoms with Crippen LogP contribution in [-0.2, 0) is 65.4 Å². The number of aliphatic hydroxyl groups is 4. The first-order valence-electron chi connectivity index (χ1n) is 22.3. The van der Waals surface area contributed by atoms with E-state index in [-0.39, 0.29) is 49.8 Å². The fraction of sp³-hybridized carbons (Fsp3) is 0.732. The highest BCUT2D eigenvalue weighted by Gasteiger charge is 2.36. The number of carboxylic acid groups (broad SMARTS) is 3. The van der Waals surface area contributed by atoms with Crippen molar-refractivity contribution in [2.45, 2.75) is 158 Å². The molecule has 0 bridgehead atoms. The van der Waals surface area contributed by atoms with Crippen molar-refractivity contribution in [1.82, 2.24) is 42.5 Å². The van der Waals surface area contributed by atoms with Crippen molar-refractivity contribution in [2.24, 2.45) is 11.7 Å². The van der Waals surface area contributed by atoms with Crippen LogP contribution in [0.1, 0.15) is 98.3 Å². The van der Waals surface area contributed by atoms with Crippen LogP contribution in [0.2, 0.25) is 0 Å². The van der Waals surface area contributed by atoms with Crippen molar-refractivity contribution in [2.75, 3.05) is 26.4 Å². The fourth-order valence-electron chi connectivity index (χ4n) is 6.08. The molecule has 69 heavy (non-hydrogen) atoms. The second-order valence-electron chi connectivity index (χ2n) is 16.4. The van der Waals surface area contributed by atoms with Gasteiger partial charge in [0.25, 0.3) is 0 Å². The molecule has 0 aliphatic carbocycles. The number of hydrogen-bond acceptors (Lipinski definition) is 17.